The molecule has 1 amide bonds. The van der Waals surface area contributed by atoms with Crippen LogP contribution < -0.4 is 10.1 Å². The molecule has 1 aliphatic heterocycles. The second kappa shape index (κ2) is 10.7. The Hall–Kier alpha value is -3.26. The first kappa shape index (κ1) is 27.3. The normalized spacial score (nSPS) is 17.5. The monoisotopic (exact) mass is 545 g/mol. The van der Waals surface area contributed by atoms with Gasteiger partial charge in [-0.1, -0.05) is 72.3 Å². The highest BCUT2D eigenvalue weighted by Gasteiger charge is 2.52. The predicted molar refractivity (Wildman–Crippen MR) is 155 cm³/mol. The van der Waals surface area contributed by atoms with Crippen LogP contribution in [-0.4, -0.2) is 44.7 Å². The number of methoxy groups -OCH3 is 1. The van der Waals surface area contributed by atoms with E-state index in [1.54, 1.807) is 13.2 Å². The van der Waals surface area contributed by atoms with Crippen molar-refractivity contribution >= 4 is 30.9 Å². The molecule has 8 heteroatoms. The van der Waals surface area contributed by atoms with Crippen molar-refractivity contribution in [3.8, 4) is 16.9 Å². The van der Waals surface area contributed by atoms with E-state index in [0.717, 1.165) is 11.0 Å². The van der Waals surface area contributed by atoms with E-state index >= 15 is 0 Å². The van der Waals surface area contributed by atoms with Gasteiger partial charge in [-0.3, -0.25) is 0 Å². The molecule has 1 saturated heterocycles. The van der Waals surface area contributed by atoms with Crippen molar-refractivity contribution < 1.29 is 23.6 Å². The molecule has 1 aliphatic carbocycles. The number of hydrogen-bond donors (Lipinski definition) is 1. The molecule has 0 unspecified atom stereocenters. The molecule has 2 aliphatic rings. The second-order valence-corrected chi connectivity index (χ2v) is 11.3. The number of amides is 1. The number of carbonyl (C=O) groups excluding carboxylic acids is 1. The third kappa shape index (κ3) is 5.44. The summed E-state index contributed by atoms with van der Waals surface area (Å²) < 4.78 is 23.7. The van der Waals surface area contributed by atoms with Crippen molar-refractivity contribution in [1.82, 2.24) is 5.32 Å². The summed E-state index contributed by atoms with van der Waals surface area (Å²) in [4.78, 5) is 12.9. The maximum atomic E-state index is 12.9. The molecule has 5 rings (SSSR count). The van der Waals surface area contributed by atoms with E-state index in [1.807, 2.05) is 70.2 Å². The van der Waals surface area contributed by atoms with E-state index in [4.69, 9.17) is 30.4 Å². The van der Waals surface area contributed by atoms with Crippen molar-refractivity contribution in [1.29, 1.82) is 0 Å². The van der Waals surface area contributed by atoms with Gasteiger partial charge < -0.3 is 24.1 Å². The smallest absolute Gasteiger partial charge is 0.492 e. The topological polar surface area (TPSA) is 66.0 Å². The van der Waals surface area contributed by atoms with E-state index in [0.29, 0.717) is 10.8 Å². The van der Waals surface area contributed by atoms with Gasteiger partial charge >= 0.3 is 13.2 Å². The third-order valence-electron chi connectivity index (χ3n) is 7.86. The maximum absolute atomic E-state index is 12.9. The standard InChI is InChI=1S/C31H33BClNO5/c1-30(2)31(3,4)39-32(38-30)21(16-20-14-15-27(33)28(17-20)36-5)18-34-29(35)37-19-26-24-12-8-6-10-22(24)23-11-7-9-13-25(23)26/h6-17,26H,18-19H2,1-5H3,(H,34,35). The number of carbonyl (C=O) groups is 1. The van der Waals surface area contributed by atoms with Gasteiger partial charge in [-0.05, 0) is 73.1 Å². The Bertz CT molecular complexity index is 1360. The number of hydrogen-bond acceptors (Lipinski definition) is 5. The molecule has 39 heavy (non-hydrogen) atoms. The first-order valence-corrected chi connectivity index (χ1v) is 13.5. The molecular formula is C31H33BClNO5. The minimum Gasteiger partial charge on any atom is -0.495 e. The van der Waals surface area contributed by atoms with Crippen LogP contribution in [0.15, 0.2) is 72.2 Å². The van der Waals surface area contributed by atoms with Crippen LogP contribution in [-0.2, 0) is 14.0 Å². The van der Waals surface area contributed by atoms with Gasteiger partial charge in [-0.25, -0.2) is 4.79 Å². The fraction of sp³-hybridized carbons (Fsp3) is 0.323. The van der Waals surface area contributed by atoms with Gasteiger partial charge in [-0.2, -0.15) is 0 Å². The first-order valence-electron chi connectivity index (χ1n) is 13.1. The fourth-order valence-electron chi connectivity index (χ4n) is 5.00. The second-order valence-electron chi connectivity index (χ2n) is 10.9. The largest absolute Gasteiger partial charge is 0.495 e. The number of nitrogens with one attached hydrogen (secondary N) is 1. The molecular weight excluding hydrogens is 513 g/mol. The van der Waals surface area contributed by atoms with Gasteiger partial charge in [0.15, 0.2) is 0 Å². The molecule has 0 atom stereocenters. The zero-order valence-corrected chi connectivity index (χ0v) is 23.7. The average Bonchev–Trinajstić information content (AvgIpc) is 3.35. The minimum absolute atomic E-state index is 0.0113. The molecule has 0 radical (unpaired) electrons. The number of benzene rings is 3. The minimum atomic E-state index is -0.648. The van der Waals surface area contributed by atoms with E-state index in [9.17, 15) is 4.79 Å². The number of alkyl carbamates (subject to hydrolysis) is 1. The van der Waals surface area contributed by atoms with Crippen molar-refractivity contribution in [2.75, 3.05) is 20.3 Å². The lowest BCUT2D eigenvalue weighted by Gasteiger charge is -2.32. The summed E-state index contributed by atoms with van der Waals surface area (Å²) in [7, 11) is 0.924. The molecule has 0 spiro atoms. The highest BCUT2D eigenvalue weighted by molar-refractivity contribution is 6.56. The van der Waals surface area contributed by atoms with Crippen LogP contribution in [0.5, 0.6) is 5.75 Å². The highest BCUT2D eigenvalue weighted by atomic mass is 35.5. The van der Waals surface area contributed by atoms with Crippen LogP contribution in [0.25, 0.3) is 17.2 Å². The number of fused-ring (bicyclic) bond motifs is 3. The van der Waals surface area contributed by atoms with Crippen molar-refractivity contribution in [2.24, 2.45) is 0 Å². The summed E-state index contributed by atoms with van der Waals surface area (Å²) in [5.74, 6) is 0.547. The van der Waals surface area contributed by atoms with E-state index in [2.05, 4.69) is 29.6 Å². The Labute approximate surface area is 235 Å². The molecule has 0 bridgehead atoms. The van der Waals surface area contributed by atoms with Crippen LogP contribution in [0.1, 0.15) is 50.3 Å². The Balaban J connectivity index is 1.31. The van der Waals surface area contributed by atoms with Gasteiger partial charge in [0.25, 0.3) is 0 Å². The lowest BCUT2D eigenvalue weighted by molar-refractivity contribution is 0.00578. The SMILES string of the molecule is COc1cc(C=C(CNC(=O)OCC2c3ccccc3-c3ccccc32)B2OC(C)(C)C(C)(C)O2)ccc1Cl. The van der Waals surface area contributed by atoms with Gasteiger partial charge in [0.1, 0.15) is 12.4 Å². The molecule has 0 saturated carbocycles. The Morgan fingerprint density at radius 2 is 1.56 bits per heavy atom. The lowest BCUT2D eigenvalue weighted by atomic mass is 9.77. The molecule has 1 heterocycles. The molecule has 1 fully saturated rings. The Morgan fingerprint density at radius 1 is 0.974 bits per heavy atom. The number of rotatable bonds is 7. The van der Waals surface area contributed by atoms with E-state index < -0.39 is 24.4 Å². The quantitative estimate of drug-likeness (QED) is 0.327. The summed E-state index contributed by atoms with van der Waals surface area (Å²) in [5.41, 5.74) is 5.23. The average molecular weight is 546 g/mol. The number of ether oxygens (including phenoxy) is 2. The fourth-order valence-corrected chi connectivity index (χ4v) is 5.20. The van der Waals surface area contributed by atoms with Gasteiger partial charge in [0.05, 0.1) is 23.3 Å². The maximum Gasteiger partial charge on any atom is 0.492 e. The van der Waals surface area contributed by atoms with Crippen LogP contribution >= 0.6 is 11.6 Å². The Morgan fingerprint density at radius 3 is 2.15 bits per heavy atom. The molecule has 6 nitrogen and oxygen atoms in total. The number of halogens is 1. The Kier molecular flexibility index (Phi) is 7.51. The van der Waals surface area contributed by atoms with Gasteiger partial charge in [0.2, 0.25) is 0 Å². The summed E-state index contributed by atoms with van der Waals surface area (Å²) in [6, 6.07) is 22.0. The zero-order valence-electron chi connectivity index (χ0n) is 22.9. The van der Waals surface area contributed by atoms with Crippen LogP contribution in [0.2, 0.25) is 5.02 Å². The van der Waals surface area contributed by atoms with Gasteiger partial charge in [-0.15, -0.1) is 0 Å². The molecule has 3 aromatic carbocycles. The first-order chi connectivity index (χ1) is 18.6. The summed E-state index contributed by atoms with van der Waals surface area (Å²) in [6.45, 7) is 8.40. The molecule has 202 valence electrons. The summed E-state index contributed by atoms with van der Waals surface area (Å²) in [5, 5.41) is 3.42. The zero-order chi connectivity index (χ0) is 27.8. The van der Waals surface area contributed by atoms with Crippen molar-refractivity contribution in [2.45, 2.75) is 44.8 Å². The van der Waals surface area contributed by atoms with E-state index in [-0.39, 0.29) is 19.1 Å². The molecule has 0 aromatic heterocycles. The lowest BCUT2D eigenvalue weighted by Crippen LogP contribution is -2.41. The predicted octanol–water partition coefficient (Wildman–Crippen LogP) is 6.90. The van der Waals surface area contributed by atoms with E-state index in [1.165, 1.54) is 22.3 Å². The van der Waals surface area contributed by atoms with Crippen molar-refractivity contribution in [3.63, 3.8) is 0 Å². The highest BCUT2D eigenvalue weighted by Crippen LogP contribution is 2.44. The third-order valence-corrected chi connectivity index (χ3v) is 8.18. The summed E-state index contributed by atoms with van der Waals surface area (Å²) in [6.07, 6.45) is 1.41. The van der Waals surface area contributed by atoms with Crippen LogP contribution in [0, 0.1) is 0 Å². The molecule has 1 N–H and O–H groups in total. The summed E-state index contributed by atoms with van der Waals surface area (Å²) >= 11 is 6.22. The van der Waals surface area contributed by atoms with Crippen molar-refractivity contribution in [3.05, 3.63) is 93.9 Å². The van der Waals surface area contributed by atoms with Crippen LogP contribution in [0.4, 0.5) is 4.79 Å². The van der Waals surface area contributed by atoms with Gasteiger partial charge in [0, 0.05) is 12.5 Å². The van der Waals surface area contributed by atoms with Crippen LogP contribution in [0.3, 0.4) is 0 Å². The molecule has 3 aromatic rings.